The Labute approximate surface area is 112 Å². The molecule has 0 bridgehead atoms. The van der Waals surface area contributed by atoms with E-state index < -0.39 is 5.97 Å². The minimum Gasteiger partial charge on any atom is -0.497 e. The summed E-state index contributed by atoms with van der Waals surface area (Å²) in [7, 11) is 4.52. The minimum atomic E-state index is -0.452. The van der Waals surface area contributed by atoms with Crippen molar-refractivity contribution in [3.63, 3.8) is 0 Å². The van der Waals surface area contributed by atoms with Crippen molar-refractivity contribution < 1.29 is 19.1 Å². The maximum atomic E-state index is 11.5. The van der Waals surface area contributed by atoms with Crippen LogP contribution in [0.1, 0.15) is 12.5 Å². The van der Waals surface area contributed by atoms with Crippen molar-refractivity contribution in [3.05, 3.63) is 29.8 Å². The van der Waals surface area contributed by atoms with Gasteiger partial charge in [-0.2, -0.15) is 0 Å². The van der Waals surface area contributed by atoms with Gasteiger partial charge in [-0.05, 0) is 23.8 Å². The summed E-state index contributed by atoms with van der Waals surface area (Å²) in [5, 5.41) is 0. The van der Waals surface area contributed by atoms with Gasteiger partial charge in [-0.25, -0.2) is 4.79 Å². The minimum absolute atomic E-state index is 0.110. The second-order valence-electron chi connectivity index (χ2n) is 3.86. The molecule has 1 aromatic carbocycles. The molecule has 1 aromatic rings. The summed E-state index contributed by atoms with van der Waals surface area (Å²) in [4.78, 5) is 24.1. The largest absolute Gasteiger partial charge is 0.497 e. The number of methoxy groups -OCH3 is 2. The lowest BCUT2D eigenvalue weighted by molar-refractivity contribution is -0.134. The van der Waals surface area contributed by atoms with Crippen molar-refractivity contribution in [2.45, 2.75) is 6.92 Å². The Bertz CT molecular complexity index is 508. The van der Waals surface area contributed by atoms with Crippen molar-refractivity contribution in [2.75, 3.05) is 26.2 Å². The number of anilines is 1. The van der Waals surface area contributed by atoms with Crippen LogP contribution >= 0.6 is 0 Å². The summed E-state index contributed by atoms with van der Waals surface area (Å²) in [6.07, 6.45) is 2.90. The Hall–Kier alpha value is -2.30. The van der Waals surface area contributed by atoms with Crippen LogP contribution < -0.4 is 9.64 Å². The van der Waals surface area contributed by atoms with E-state index in [1.807, 2.05) is 0 Å². The van der Waals surface area contributed by atoms with Crippen molar-refractivity contribution in [1.82, 2.24) is 0 Å². The fourth-order valence-corrected chi connectivity index (χ4v) is 1.48. The van der Waals surface area contributed by atoms with Gasteiger partial charge in [0, 0.05) is 26.1 Å². The van der Waals surface area contributed by atoms with E-state index in [1.165, 1.54) is 25.0 Å². The zero-order valence-electron chi connectivity index (χ0n) is 11.5. The first kappa shape index (κ1) is 14.8. The van der Waals surface area contributed by atoms with E-state index >= 15 is 0 Å². The van der Waals surface area contributed by atoms with Crippen LogP contribution in [0.3, 0.4) is 0 Å². The molecule has 0 spiro atoms. The van der Waals surface area contributed by atoms with Crippen molar-refractivity contribution in [3.8, 4) is 5.75 Å². The highest BCUT2D eigenvalue weighted by Crippen LogP contribution is 2.26. The molecule has 0 N–H and O–H groups in total. The van der Waals surface area contributed by atoms with Gasteiger partial charge in [0.1, 0.15) is 5.75 Å². The third-order valence-corrected chi connectivity index (χ3v) is 2.67. The zero-order chi connectivity index (χ0) is 14.4. The average molecular weight is 263 g/mol. The summed E-state index contributed by atoms with van der Waals surface area (Å²) in [6.45, 7) is 1.47. The third kappa shape index (κ3) is 3.84. The predicted octanol–water partition coefficient (Wildman–Crippen LogP) is 1.86. The lowest BCUT2D eigenvalue weighted by Gasteiger charge is -2.18. The molecule has 1 amide bonds. The molecule has 0 aliphatic carbocycles. The molecule has 102 valence electrons. The number of hydrogen-bond acceptors (Lipinski definition) is 4. The lowest BCUT2D eigenvalue weighted by atomic mass is 10.1. The van der Waals surface area contributed by atoms with Gasteiger partial charge < -0.3 is 14.4 Å². The fourth-order valence-electron chi connectivity index (χ4n) is 1.48. The van der Waals surface area contributed by atoms with Crippen LogP contribution in [0.5, 0.6) is 5.75 Å². The van der Waals surface area contributed by atoms with Crippen LogP contribution in [0.15, 0.2) is 24.3 Å². The maximum absolute atomic E-state index is 11.5. The monoisotopic (exact) mass is 263 g/mol. The number of ether oxygens (including phenoxy) is 2. The Balaban J connectivity index is 3.19. The number of hydrogen-bond donors (Lipinski definition) is 0. The number of nitrogens with zero attached hydrogens (tertiary/aromatic N) is 1. The van der Waals surface area contributed by atoms with Crippen LogP contribution in [0.25, 0.3) is 6.08 Å². The Morgan fingerprint density at radius 3 is 2.47 bits per heavy atom. The van der Waals surface area contributed by atoms with Gasteiger partial charge in [0.15, 0.2) is 0 Å². The number of rotatable bonds is 4. The first-order valence-electron chi connectivity index (χ1n) is 5.68. The van der Waals surface area contributed by atoms with Crippen LogP contribution in [0.2, 0.25) is 0 Å². The summed E-state index contributed by atoms with van der Waals surface area (Å²) < 4.78 is 9.67. The van der Waals surface area contributed by atoms with Crippen LogP contribution in [0, 0.1) is 0 Å². The molecule has 0 heterocycles. The molecule has 19 heavy (non-hydrogen) atoms. The van der Waals surface area contributed by atoms with E-state index in [-0.39, 0.29) is 5.91 Å². The smallest absolute Gasteiger partial charge is 0.330 e. The van der Waals surface area contributed by atoms with E-state index in [0.29, 0.717) is 11.4 Å². The molecule has 0 aliphatic rings. The Morgan fingerprint density at radius 2 is 1.95 bits per heavy atom. The SMILES string of the molecule is COC(=O)/C=C/c1ccc(OC)cc1N(C)C(C)=O. The van der Waals surface area contributed by atoms with Gasteiger partial charge in [0.25, 0.3) is 0 Å². The second kappa shape index (κ2) is 6.58. The highest BCUT2D eigenvalue weighted by molar-refractivity contribution is 5.95. The standard InChI is InChI=1S/C14H17NO4/c1-10(16)15(2)13-9-12(18-3)7-5-11(13)6-8-14(17)19-4/h5-9H,1-4H3/b8-6+. The molecule has 0 aliphatic heterocycles. The summed E-state index contributed by atoms with van der Waals surface area (Å²) >= 11 is 0. The Morgan fingerprint density at radius 1 is 1.26 bits per heavy atom. The van der Waals surface area contributed by atoms with E-state index in [4.69, 9.17) is 4.74 Å². The van der Waals surface area contributed by atoms with Crippen LogP contribution in [-0.4, -0.2) is 33.1 Å². The quantitative estimate of drug-likeness (QED) is 0.614. The summed E-state index contributed by atoms with van der Waals surface area (Å²) in [6, 6.07) is 5.26. The van der Waals surface area contributed by atoms with E-state index in [9.17, 15) is 9.59 Å². The highest BCUT2D eigenvalue weighted by atomic mass is 16.5. The van der Waals surface area contributed by atoms with Gasteiger partial charge in [-0.3, -0.25) is 4.79 Å². The van der Waals surface area contributed by atoms with Crippen LogP contribution in [0.4, 0.5) is 5.69 Å². The molecule has 0 aromatic heterocycles. The maximum Gasteiger partial charge on any atom is 0.330 e. The number of carbonyl (C=O) groups excluding carboxylic acids is 2. The molecule has 5 nitrogen and oxygen atoms in total. The normalized spacial score (nSPS) is 10.3. The molecule has 0 radical (unpaired) electrons. The highest BCUT2D eigenvalue weighted by Gasteiger charge is 2.11. The van der Waals surface area contributed by atoms with Gasteiger partial charge in [0.2, 0.25) is 5.91 Å². The van der Waals surface area contributed by atoms with Gasteiger partial charge in [-0.1, -0.05) is 0 Å². The zero-order valence-corrected chi connectivity index (χ0v) is 11.5. The first-order chi connectivity index (χ1) is 8.99. The topological polar surface area (TPSA) is 55.8 Å². The molecule has 5 heteroatoms. The number of esters is 1. The molecule has 0 unspecified atom stereocenters. The lowest BCUT2D eigenvalue weighted by Crippen LogP contribution is -2.23. The molecular weight excluding hydrogens is 246 g/mol. The number of carbonyl (C=O) groups is 2. The molecule has 0 saturated heterocycles. The third-order valence-electron chi connectivity index (χ3n) is 2.67. The van der Waals surface area contributed by atoms with Gasteiger partial charge in [0.05, 0.1) is 19.9 Å². The van der Waals surface area contributed by atoms with Crippen molar-refractivity contribution in [1.29, 1.82) is 0 Å². The first-order valence-corrected chi connectivity index (χ1v) is 5.68. The van der Waals surface area contributed by atoms with E-state index in [1.54, 1.807) is 38.4 Å². The number of amides is 1. The second-order valence-corrected chi connectivity index (χ2v) is 3.86. The van der Waals surface area contributed by atoms with E-state index in [0.717, 1.165) is 5.56 Å². The molecule has 0 atom stereocenters. The predicted molar refractivity (Wildman–Crippen MR) is 73.1 cm³/mol. The van der Waals surface area contributed by atoms with Crippen molar-refractivity contribution >= 4 is 23.6 Å². The molecule has 0 fully saturated rings. The Kier molecular flexibility index (Phi) is 5.11. The molecular formula is C14H17NO4. The van der Waals surface area contributed by atoms with Crippen molar-refractivity contribution in [2.24, 2.45) is 0 Å². The average Bonchev–Trinajstić information content (AvgIpc) is 2.43. The summed E-state index contributed by atoms with van der Waals surface area (Å²) in [5.74, 6) is 0.0755. The molecule has 1 rings (SSSR count). The van der Waals surface area contributed by atoms with Gasteiger partial charge >= 0.3 is 5.97 Å². The summed E-state index contributed by atoms with van der Waals surface area (Å²) in [5.41, 5.74) is 1.39. The van der Waals surface area contributed by atoms with E-state index in [2.05, 4.69) is 4.74 Å². The molecule has 0 saturated carbocycles. The fraction of sp³-hybridized carbons (Fsp3) is 0.286. The van der Waals surface area contributed by atoms with Crippen LogP contribution in [-0.2, 0) is 14.3 Å². The number of benzene rings is 1. The van der Waals surface area contributed by atoms with Gasteiger partial charge in [-0.15, -0.1) is 0 Å².